The SMILES string of the molecule is S=P[S-].[S]=[Ni]. The molecule has 0 nitrogen and oxygen atoms in total. The van der Waals surface area contributed by atoms with E-state index in [1.54, 1.807) is 0 Å². The van der Waals surface area contributed by atoms with Crippen molar-refractivity contribution < 1.29 is 13.9 Å². The van der Waals surface area contributed by atoms with Crippen molar-refractivity contribution in [2.45, 2.75) is 0 Å². The summed E-state index contributed by atoms with van der Waals surface area (Å²) in [4.78, 5) is 0. The Labute approximate surface area is 55.0 Å². The van der Waals surface area contributed by atoms with Gasteiger partial charge in [-0.15, -0.1) is 0 Å². The van der Waals surface area contributed by atoms with Gasteiger partial charge in [-0.25, -0.2) is 0 Å². The maximum absolute atomic E-state index is 4.18. The summed E-state index contributed by atoms with van der Waals surface area (Å²) in [6.45, 7) is 0.583. The van der Waals surface area contributed by atoms with Crippen molar-refractivity contribution in [2.75, 3.05) is 0 Å². The first-order chi connectivity index (χ1) is 2.41. The Kier molecular flexibility index (Phi) is 34.3. The fourth-order valence-corrected chi connectivity index (χ4v) is 0. The van der Waals surface area contributed by atoms with Gasteiger partial charge in [0.25, 0.3) is 0 Å². The third-order valence-electron chi connectivity index (χ3n) is 0. The van der Waals surface area contributed by atoms with Crippen LogP contribution < -0.4 is 0 Å². The third-order valence-corrected chi connectivity index (χ3v) is 0. The molecule has 0 aromatic heterocycles. The van der Waals surface area contributed by atoms with E-state index in [0.717, 1.165) is 0 Å². The predicted octanol–water partition coefficient (Wildman–Crippen LogP) is 1.50. The first-order valence-electron chi connectivity index (χ1n) is 0.494. The zero-order valence-corrected chi connectivity index (χ0v) is 6.32. The Morgan fingerprint density at radius 3 is 1.60 bits per heavy atom. The molecule has 0 aliphatic heterocycles. The first-order valence-corrected chi connectivity index (χ1v) is 4.88. The number of rotatable bonds is 0. The molecular weight excluding hydrogens is 186 g/mol. The molecule has 0 rings (SSSR count). The molecule has 0 spiro atoms. The van der Waals surface area contributed by atoms with Crippen LogP contribution in [-0.2, 0) is 37.9 Å². The van der Waals surface area contributed by atoms with Crippen molar-refractivity contribution in [1.82, 2.24) is 0 Å². The van der Waals surface area contributed by atoms with E-state index in [4.69, 9.17) is 0 Å². The van der Waals surface area contributed by atoms with E-state index in [-0.39, 0.29) is 0 Å². The maximum atomic E-state index is 4.18. The van der Waals surface area contributed by atoms with Crippen LogP contribution in [0.3, 0.4) is 0 Å². The number of hydrogen-bond acceptors (Lipinski definition) is 3. The predicted molar refractivity (Wildman–Crippen MR) is 29.2 cm³/mol. The van der Waals surface area contributed by atoms with E-state index in [0.29, 0.717) is 6.56 Å². The van der Waals surface area contributed by atoms with Gasteiger partial charge in [-0.05, 0) is 0 Å². The molecule has 0 amide bonds. The summed E-state index contributed by atoms with van der Waals surface area (Å²) in [7, 11) is 3.71. The van der Waals surface area contributed by atoms with Crippen LogP contribution in [0, 0.1) is 0 Å². The fourth-order valence-electron chi connectivity index (χ4n) is 0. The molecule has 0 N–H and O–H groups in total. The van der Waals surface area contributed by atoms with Gasteiger partial charge in [0.05, 0.1) is 0 Å². The monoisotopic (exact) mass is 185 g/mol. The van der Waals surface area contributed by atoms with E-state index in [1.165, 1.54) is 0 Å². The van der Waals surface area contributed by atoms with Gasteiger partial charge in [0, 0.05) is 0 Å². The Morgan fingerprint density at radius 2 is 1.60 bits per heavy atom. The van der Waals surface area contributed by atoms with Crippen LogP contribution >= 0.6 is 17.2 Å². The Balaban J connectivity index is 0. The molecule has 5 heavy (non-hydrogen) atoms. The Bertz CT molecular complexity index is 20.9. The zero-order chi connectivity index (χ0) is 4.71. The van der Waals surface area contributed by atoms with E-state index in [1.807, 2.05) is 0 Å². The van der Waals surface area contributed by atoms with Crippen LogP contribution in [0.5, 0.6) is 0 Å². The molecule has 0 unspecified atom stereocenters. The third kappa shape index (κ3) is 28.6. The van der Waals surface area contributed by atoms with Gasteiger partial charge in [0.15, 0.2) is 0 Å². The normalized spacial score (nSPS) is 5.40. The molecule has 0 aliphatic carbocycles. The van der Waals surface area contributed by atoms with Crippen molar-refractivity contribution in [3.8, 4) is 0 Å². The molecule has 0 saturated carbocycles. The summed E-state index contributed by atoms with van der Waals surface area (Å²) >= 11 is 11.8. The van der Waals surface area contributed by atoms with Gasteiger partial charge in [-0.3, -0.25) is 0 Å². The summed E-state index contributed by atoms with van der Waals surface area (Å²) in [5.41, 5.74) is 0. The van der Waals surface area contributed by atoms with Crippen LogP contribution in [0.25, 0.3) is 0 Å². The van der Waals surface area contributed by atoms with Gasteiger partial charge < -0.3 is 12.2 Å². The molecular formula is NiPS3-. The quantitative estimate of drug-likeness (QED) is 0.319. The molecule has 34 valence electrons. The molecule has 0 saturated heterocycles. The molecule has 0 aromatic carbocycles. The molecule has 0 heterocycles. The van der Waals surface area contributed by atoms with Gasteiger partial charge in [-0.2, -0.15) is 6.56 Å². The van der Waals surface area contributed by atoms with Gasteiger partial charge in [-0.1, -0.05) is 11.8 Å². The summed E-state index contributed by atoms with van der Waals surface area (Å²) in [6, 6.07) is 0. The van der Waals surface area contributed by atoms with Gasteiger partial charge in [0.2, 0.25) is 0 Å². The first kappa shape index (κ1) is 9.77. The van der Waals surface area contributed by atoms with Crippen molar-refractivity contribution in [2.24, 2.45) is 0 Å². The summed E-state index contributed by atoms with van der Waals surface area (Å²) in [5, 5.41) is 0. The van der Waals surface area contributed by atoms with E-state index in [2.05, 4.69) is 48.6 Å². The second-order valence-electron chi connectivity index (χ2n) is 0.0745. The standard InChI is InChI=1S/Ni.HPS2.S/c;2-1-3;/h;(H,2,3);/p-1. The summed E-state index contributed by atoms with van der Waals surface area (Å²) in [5.74, 6) is 0. The molecule has 5 heteroatoms. The van der Waals surface area contributed by atoms with Crippen molar-refractivity contribution >= 4 is 41.3 Å². The minimum atomic E-state index is 0.583. The van der Waals surface area contributed by atoms with Gasteiger partial charge in [0.1, 0.15) is 0 Å². The average Bonchev–Trinajstić information content (AvgIpc) is 1.46. The van der Waals surface area contributed by atoms with Crippen molar-refractivity contribution in [1.29, 1.82) is 0 Å². The van der Waals surface area contributed by atoms with Crippen LogP contribution in [0.1, 0.15) is 0 Å². The molecule has 0 atom stereocenters. The number of hydrogen-bond donors (Lipinski definition) is 0. The van der Waals surface area contributed by atoms with Crippen LogP contribution in [0.2, 0.25) is 0 Å². The minimum absolute atomic E-state index is 0.583. The van der Waals surface area contributed by atoms with Gasteiger partial charge >= 0.3 is 24.5 Å². The van der Waals surface area contributed by atoms with Crippen molar-refractivity contribution in [3.63, 3.8) is 0 Å². The molecule has 0 radical (unpaired) electrons. The second-order valence-corrected chi connectivity index (χ2v) is 2.01. The van der Waals surface area contributed by atoms with E-state index in [9.17, 15) is 0 Å². The second kappa shape index (κ2) is 17.6. The van der Waals surface area contributed by atoms with E-state index >= 15 is 0 Å². The molecule has 0 fully saturated rings. The Hall–Kier alpha value is 1.58. The summed E-state index contributed by atoms with van der Waals surface area (Å²) in [6.07, 6.45) is 0. The van der Waals surface area contributed by atoms with Crippen molar-refractivity contribution in [3.05, 3.63) is 0 Å². The van der Waals surface area contributed by atoms with Crippen LogP contribution in [0.15, 0.2) is 0 Å². The fraction of sp³-hybridized carbons (Fsp3) is 0. The zero-order valence-electron chi connectivity index (χ0n) is 1.99. The summed E-state index contributed by atoms with van der Waals surface area (Å²) < 4.78 is 0. The Morgan fingerprint density at radius 1 is 1.60 bits per heavy atom. The molecule has 0 bridgehead atoms. The van der Waals surface area contributed by atoms with E-state index < -0.39 is 0 Å². The van der Waals surface area contributed by atoms with Crippen LogP contribution in [0.4, 0.5) is 0 Å². The average molecular weight is 186 g/mol. The molecule has 0 aromatic rings. The topological polar surface area (TPSA) is 0 Å². The van der Waals surface area contributed by atoms with Crippen LogP contribution in [-0.4, -0.2) is 0 Å². The molecule has 0 aliphatic rings.